The molecule has 0 spiro atoms. The molecular formula is C13H27N5. The van der Waals surface area contributed by atoms with E-state index in [2.05, 4.69) is 48.5 Å². The van der Waals surface area contributed by atoms with E-state index >= 15 is 0 Å². The lowest BCUT2D eigenvalue weighted by molar-refractivity contribution is 0.395. The minimum atomic E-state index is 0.211. The molecule has 5 nitrogen and oxygen atoms in total. The third-order valence-electron chi connectivity index (χ3n) is 3.31. The Bertz CT molecular complexity index is 323. The van der Waals surface area contributed by atoms with Crippen molar-refractivity contribution in [2.75, 3.05) is 6.54 Å². The molecule has 0 radical (unpaired) electrons. The van der Waals surface area contributed by atoms with Crippen LogP contribution in [0.2, 0.25) is 0 Å². The molecule has 0 aromatic carbocycles. The van der Waals surface area contributed by atoms with Crippen LogP contribution < -0.4 is 5.32 Å². The number of nitrogens with one attached hydrogen (secondary N) is 1. The standard InChI is InChI=1S/C13H27N5/c1-5-7-8-9-10-11(3)18-13(15-16-17-18)12(4)14-6-2/h11-12,14H,5-10H2,1-4H3. The molecule has 1 aromatic heterocycles. The number of unbranched alkanes of at least 4 members (excludes halogenated alkanes) is 3. The largest absolute Gasteiger partial charge is 0.308 e. The molecule has 0 fully saturated rings. The summed E-state index contributed by atoms with van der Waals surface area (Å²) in [7, 11) is 0. The zero-order valence-electron chi connectivity index (χ0n) is 12.2. The third-order valence-corrected chi connectivity index (χ3v) is 3.31. The molecule has 1 heterocycles. The molecule has 1 aromatic rings. The Morgan fingerprint density at radius 1 is 1.17 bits per heavy atom. The molecule has 1 N–H and O–H groups in total. The Labute approximate surface area is 110 Å². The molecule has 5 heteroatoms. The van der Waals surface area contributed by atoms with E-state index in [9.17, 15) is 0 Å². The minimum absolute atomic E-state index is 0.211. The van der Waals surface area contributed by atoms with Gasteiger partial charge in [0.05, 0.1) is 12.1 Å². The third kappa shape index (κ3) is 4.37. The van der Waals surface area contributed by atoms with Crippen molar-refractivity contribution in [1.29, 1.82) is 0 Å². The minimum Gasteiger partial charge on any atom is -0.308 e. The monoisotopic (exact) mass is 253 g/mol. The fraction of sp³-hybridized carbons (Fsp3) is 0.923. The Kier molecular flexibility index (Phi) is 6.86. The summed E-state index contributed by atoms with van der Waals surface area (Å²) in [6, 6.07) is 0.594. The maximum Gasteiger partial charge on any atom is 0.168 e. The lowest BCUT2D eigenvalue weighted by atomic mass is 10.1. The summed E-state index contributed by atoms with van der Waals surface area (Å²) in [6.45, 7) is 9.57. The van der Waals surface area contributed by atoms with Crippen molar-refractivity contribution < 1.29 is 0 Å². The van der Waals surface area contributed by atoms with Gasteiger partial charge in [0.1, 0.15) is 0 Å². The number of tetrazole rings is 1. The first kappa shape index (κ1) is 15.1. The highest BCUT2D eigenvalue weighted by Crippen LogP contribution is 2.18. The van der Waals surface area contributed by atoms with Gasteiger partial charge in [0.15, 0.2) is 5.82 Å². The first-order valence-electron chi connectivity index (χ1n) is 7.21. The summed E-state index contributed by atoms with van der Waals surface area (Å²) in [5.74, 6) is 0.944. The molecule has 2 unspecified atom stereocenters. The molecule has 18 heavy (non-hydrogen) atoms. The Morgan fingerprint density at radius 2 is 1.94 bits per heavy atom. The molecule has 104 valence electrons. The average Bonchev–Trinajstić information content (AvgIpc) is 2.84. The molecule has 0 aliphatic rings. The van der Waals surface area contributed by atoms with Gasteiger partial charge in [-0.15, -0.1) is 5.10 Å². The Hall–Kier alpha value is -0.970. The maximum atomic E-state index is 4.14. The first-order valence-corrected chi connectivity index (χ1v) is 7.21. The van der Waals surface area contributed by atoms with E-state index in [4.69, 9.17) is 0 Å². The van der Waals surface area contributed by atoms with E-state index in [1.54, 1.807) is 0 Å². The molecule has 0 amide bonds. The van der Waals surface area contributed by atoms with Crippen LogP contribution in [0.1, 0.15) is 77.7 Å². The smallest absolute Gasteiger partial charge is 0.168 e. The van der Waals surface area contributed by atoms with Gasteiger partial charge in [-0.2, -0.15) is 0 Å². The van der Waals surface area contributed by atoms with Gasteiger partial charge in [-0.05, 0) is 37.2 Å². The summed E-state index contributed by atoms with van der Waals surface area (Å²) in [4.78, 5) is 0. The zero-order chi connectivity index (χ0) is 13.4. The summed E-state index contributed by atoms with van der Waals surface area (Å²) in [5, 5.41) is 15.4. The molecule has 0 bridgehead atoms. The van der Waals surface area contributed by atoms with Crippen LogP contribution in [0.4, 0.5) is 0 Å². The van der Waals surface area contributed by atoms with E-state index in [1.165, 1.54) is 25.7 Å². The van der Waals surface area contributed by atoms with Gasteiger partial charge < -0.3 is 5.32 Å². The van der Waals surface area contributed by atoms with E-state index in [0.717, 1.165) is 18.8 Å². The quantitative estimate of drug-likeness (QED) is 0.688. The number of aromatic nitrogens is 4. The highest BCUT2D eigenvalue weighted by Gasteiger charge is 2.17. The molecule has 0 aliphatic carbocycles. The summed E-state index contributed by atoms with van der Waals surface area (Å²) in [5.41, 5.74) is 0. The van der Waals surface area contributed by atoms with Crippen molar-refractivity contribution >= 4 is 0 Å². The summed E-state index contributed by atoms with van der Waals surface area (Å²) in [6.07, 6.45) is 6.31. The van der Waals surface area contributed by atoms with Gasteiger partial charge >= 0.3 is 0 Å². The van der Waals surface area contributed by atoms with E-state index in [-0.39, 0.29) is 6.04 Å². The molecule has 0 saturated heterocycles. The van der Waals surface area contributed by atoms with Crippen LogP contribution in [0.15, 0.2) is 0 Å². The van der Waals surface area contributed by atoms with Crippen LogP contribution in [0.3, 0.4) is 0 Å². The Balaban J connectivity index is 2.51. The maximum absolute atomic E-state index is 4.14. The molecule has 1 rings (SSSR count). The predicted molar refractivity (Wildman–Crippen MR) is 73.4 cm³/mol. The van der Waals surface area contributed by atoms with Crippen LogP contribution in [-0.4, -0.2) is 26.8 Å². The van der Waals surface area contributed by atoms with Crippen molar-refractivity contribution in [3.63, 3.8) is 0 Å². The van der Waals surface area contributed by atoms with Crippen LogP contribution in [0.5, 0.6) is 0 Å². The second kappa shape index (κ2) is 8.19. The lowest BCUT2D eigenvalue weighted by Gasteiger charge is -2.17. The molecule has 2 atom stereocenters. The number of hydrogen-bond donors (Lipinski definition) is 1. The SMILES string of the molecule is CCCCCCC(C)n1nnnc1C(C)NCC. The topological polar surface area (TPSA) is 55.6 Å². The summed E-state index contributed by atoms with van der Waals surface area (Å²) < 4.78 is 1.97. The second-order valence-corrected chi connectivity index (χ2v) is 4.96. The Morgan fingerprint density at radius 3 is 2.61 bits per heavy atom. The van der Waals surface area contributed by atoms with Crippen molar-refractivity contribution in [3.8, 4) is 0 Å². The number of hydrogen-bond acceptors (Lipinski definition) is 4. The van der Waals surface area contributed by atoms with Crippen molar-refractivity contribution in [1.82, 2.24) is 25.5 Å². The van der Waals surface area contributed by atoms with Crippen LogP contribution in [0.25, 0.3) is 0 Å². The first-order chi connectivity index (χ1) is 8.70. The van der Waals surface area contributed by atoms with Crippen molar-refractivity contribution in [2.45, 2.75) is 71.9 Å². The van der Waals surface area contributed by atoms with E-state index in [1.807, 2.05) is 4.68 Å². The van der Waals surface area contributed by atoms with Gasteiger partial charge in [0, 0.05) is 0 Å². The average molecular weight is 253 g/mol. The van der Waals surface area contributed by atoms with Gasteiger partial charge in [-0.1, -0.05) is 39.5 Å². The normalized spacial score (nSPS) is 14.7. The van der Waals surface area contributed by atoms with Gasteiger partial charge in [-0.3, -0.25) is 0 Å². The zero-order valence-corrected chi connectivity index (χ0v) is 12.2. The second-order valence-electron chi connectivity index (χ2n) is 4.96. The molecular weight excluding hydrogens is 226 g/mol. The lowest BCUT2D eigenvalue weighted by Crippen LogP contribution is -2.23. The van der Waals surface area contributed by atoms with Gasteiger partial charge in [-0.25, -0.2) is 4.68 Å². The highest BCUT2D eigenvalue weighted by atomic mass is 15.6. The van der Waals surface area contributed by atoms with E-state index < -0.39 is 0 Å². The fourth-order valence-electron chi connectivity index (χ4n) is 2.19. The van der Waals surface area contributed by atoms with Crippen LogP contribution >= 0.6 is 0 Å². The molecule has 0 saturated carbocycles. The van der Waals surface area contributed by atoms with Crippen LogP contribution in [0, 0.1) is 0 Å². The van der Waals surface area contributed by atoms with Gasteiger partial charge in [0.2, 0.25) is 0 Å². The number of rotatable bonds is 9. The predicted octanol–water partition coefficient (Wildman–Crippen LogP) is 2.88. The van der Waals surface area contributed by atoms with Gasteiger partial charge in [0.25, 0.3) is 0 Å². The summed E-state index contributed by atoms with van der Waals surface area (Å²) >= 11 is 0. The number of nitrogens with zero attached hydrogens (tertiary/aromatic N) is 4. The van der Waals surface area contributed by atoms with Crippen molar-refractivity contribution in [2.24, 2.45) is 0 Å². The highest BCUT2D eigenvalue weighted by molar-refractivity contribution is 4.91. The van der Waals surface area contributed by atoms with Crippen molar-refractivity contribution in [3.05, 3.63) is 5.82 Å². The van der Waals surface area contributed by atoms with Crippen LogP contribution in [-0.2, 0) is 0 Å². The fourth-order valence-corrected chi connectivity index (χ4v) is 2.19. The van der Waals surface area contributed by atoms with E-state index in [0.29, 0.717) is 6.04 Å². The molecule has 0 aliphatic heterocycles.